The van der Waals surface area contributed by atoms with Gasteiger partial charge in [0, 0.05) is 30.4 Å². The molecule has 0 fully saturated rings. The van der Waals surface area contributed by atoms with Gasteiger partial charge in [-0.1, -0.05) is 0 Å². The number of nitrogens with one attached hydrogen (secondary N) is 2. The Labute approximate surface area is 180 Å². The average molecular weight is 429 g/mol. The second-order valence-corrected chi connectivity index (χ2v) is 7.63. The Hall–Kier alpha value is -2.97. The van der Waals surface area contributed by atoms with Crippen molar-refractivity contribution in [3.8, 4) is 5.75 Å². The van der Waals surface area contributed by atoms with Crippen LogP contribution in [0.4, 0.5) is 10.1 Å². The standard InChI is InChI=1S/C22H25FN4O2S/c1-26(2)10-11-27(22(30)24-18-7-5-17(23)6-8-18)14-16-12-15-4-9-19(29-3)13-20(15)25-21(16)28/h4-9,12-13H,10-11,14H2,1-3H3,(H,24,30)(H,25,28). The lowest BCUT2D eigenvalue weighted by Crippen LogP contribution is -2.40. The Morgan fingerprint density at radius 2 is 1.87 bits per heavy atom. The van der Waals surface area contributed by atoms with E-state index < -0.39 is 0 Å². The average Bonchev–Trinajstić information content (AvgIpc) is 2.72. The number of thiocarbonyl (C=S) groups is 1. The molecule has 3 aromatic rings. The fraction of sp³-hybridized carbons (Fsp3) is 0.273. The van der Waals surface area contributed by atoms with E-state index >= 15 is 0 Å². The van der Waals surface area contributed by atoms with Crippen molar-refractivity contribution >= 4 is 33.9 Å². The predicted molar refractivity (Wildman–Crippen MR) is 123 cm³/mol. The summed E-state index contributed by atoms with van der Waals surface area (Å²) in [6.07, 6.45) is 0. The number of hydrogen-bond donors (Lipinski definition) is 2. The van der Waals surface area contributed by atoms with Gasteiger partial charge in [0.05, 0.1) is 19.2 Å². The summed E-state index contributed by atoms with van der Waals surface area (Å²) < 4.78 is 18.4. The van der Waals surface area contributed by atoms with Crippen molar-refractivity contribution < 1.29 is 9.13 Å². The summed E-state index contributed by atoms with van der Waals surface area (Å²) in [5.41, 5.74) is 1.84. The first-order valence-electron chi connectivity index (χ1n) is 9.52. The van der Waals surface area contributed by atoms with Gasteiger partial charge >= 0.3 is 0 Å². The maximum absolute atomic E-state index is 13.2. The van der Waals surface area contributed by atoms with E-state index in [4.69, 9.17) is 17.0 Å². The van der Waals surface area contributed by atoms with Gasteiger partial charge < -0.3 is 24.8 Å². The van der Waals surface area contributed by atoms with Crippen LogP contribution in [0.5, 0.6) is 5.75 Å². The number of likely N-dealkylation sites (N-methyl/N-ethyl adjacent to an activating group) is 1. The number of pyridine rings is 1. The molecule has 0 atom stereocenters. The smallest absolute Gasteiger partial charge is 0.253 e. The number of hydrogen-bond acceptors (Lipinski definition) is 4. The molecule has 0 amide bonds. The highest BCUT2D eigenvalue weighted by molar-refractivity contribution is 7.80. The molecule has 0 aliphatic heterocycles. The second-order valence-electron chi connectivity index (χ2n) is 7.24. The highest BCUT2D eigenvalue weighted by Crippen LogP contribution is 2.19. The fourth-order valence-corrected chi connectivity index (χ4v) is 3.26. The molecule has 0 spiro atoms. The highest BCUT2D eigenvalue weighted by atomic mass is 32.1. The van der Waals surface area contributed by atoms with Crippen LogP contribution in [0.15, 0.2) is 53.3 Å². The number of nitrogens with zero attached hydrogens (tertiary/aromatic N) is 2. The van der Waals surface area contributed by atoms with Gasteiger partial charge in [-0.2, -0.15) is 0 Å². The van der Waals surface area contributed by atoms with E-state index in [-0.39, 0.29) is 11.4 Å². The fourth-order valence-electron chi connectivity index (χ4n) is 2.98. The van der Waals surface area contributed by atoms with Crippen LogP contribution in [-0.2, 0) is 6.54 Å². The lowest BCUT2D eigenvalue weighted by molar-refractivity contribution is 0.327. The summed E-state index contributed by atoms with van der Waals surface area (Å²) in [5.74, 6) is 0.374. The molecule has 8 heteroatoms. The molecule has 6 nitrogen and oxygen atoms in total. The SMILES string of the molecule is COc1ccc2cc(CN(CCN(C)C)C(=S)Nc3ccc(F)cc3)c(=O)[nH]c2c1. The first-order chi connectivity index (χ1) is 14.4. The van der Waals surface area contributed by atoms with Crippen molar-refractivity contribution in [3.05, 3.63) is 70.3 Å². The van der Waals surface area contributed by atoms with Gasteiger partial charge in [-0.05, 0) is 74.2 Å². The van der Waals surface area contributed by atoms with Crippen molar-refractivity contribution in [1.29, 1.82) is 0 Å². The number of benzene rings is 2. The summed E-state index contributed by atoms with van der Waals surface area (Å²) in [6, 6.07) is 13.4. The van der Waals surface area contributed by atoms with Gasteiger partial charge in [0.2, 0.25) is 0 Å². The monoisotopic (exact) mass is 428 g/mol. The molecule has 158 valence electrons. The number of ether oxygens (including phenoxy) is 1. The second kappa shape index (κ2) is 9.69. The summed E-state index contributed by atoms with van der Waals surface area (Å²) in [7, 11) is 5.54. The minimum atomic E-state index is -0.310. The van der Waals surface area contributed by atoms with Crippen LogP contribution < -0.4 is 15.6 Å². The molecule has 1 aromatic heterocycles. The maximum atomic E-state index is 13.2. The Balaban J connectivity index is 1.84. The Bertz CT molecular complexity index is 1080. The zero-order chi connectivity index (χ0) is 21.7. The van der Waals surface area contributed by atoms with Crippen molar-refractivity contribution in [2.24, 2.45) is 0 Å². The van der Waals surface area contributed by atoms with Gasteiger partial charge in [0.25, 0.3) is 5.56 Å². The zero-order valence-corrected chi connectivity index (χ0v) is 18.1. The third-order valence-electron chi connectivity index (χ3n) is 4.69. The van der Waals surface area contributed by atoms with E-state index in [9.17, 15) is 9.18 Å². The van der Waals surface area contributed by atoms with E-state index in [1.165, 1.54) is 12.1 Å². The summed E-state index contributed by atoms with van der Waals surface area (Å²) in [6.45, 7) is 1.73. The molecule has 30 heavy (non-hydrogen) atoms. The van der Waals surface area contributed by atoms with Crippen LogP contribution in [0.25, 0.3) is 10.9 Å². The molecule has 2 aromatic carbocycles. The molecule has 0 radical (unpaired) electrons. The maximum Gasteiger partial charge on any atom is 0.253 e. The van der Waals surface area contributed by atoms with E-state index in [1.807, 2.05) is 42.1 Å². The normalized spacial score (nSPS) is 11.0. The van der Waals surface area contributed by atoms with E-state index in [0.29, 0.717) is 35.2 Å². The molecule has 0 saturated heterocycles. The van der Waals surface area contributed by atoms with Crippen molar-refractivity contribution in [2.45, 2.75) is 6.54 Å². The molecule has 3 rings (SSSR count). The van der Waals surface area contributed by atoms with Crippen LogP contribution in [0.3, 0.4) is 0 Å². The van der Waals surface area contributed by atoms with Gasteiger partial charge in [0.15, 0.2) is 5.11 Å². The number of methoxy groups -OCH3 is 1. The molecule has 0 aliphatic rings. The van der Waals surface area contributed by atoms with Crippen LogP contribution in [0, 0.1) is 5.82 Å². The summed E-state index contributed by atoms with van der Waals surface area (Å²) in [5, 5.41) is 4.51. The lowest BCUT2D eigenvalue weighted by Gasteiger charge is -2.27. The lowest BCUT2D eigenvalue weighted by atomic mass is 10.1. The van der Waals surface area contributed by atoms with Crippen molar-refractivity contribution in [2.75, 3.05) is 39.6 Å². The van der Waals surface area contributed by atoms with E-state index in [1.54, 1.807) is 25.3 Å². The molecule has 2 N–H and O–H groups in total. The van der Waals surface area contributed by atoms with Crippen LogP contribution in [0.2, 0.25) is 0 Å². The quantitative estimate of drug-likeness (QED) is 0.563. The number of H-pyrrole nitrogens is 1. The number of aromatic amines is 1. The summed E-state index contributed by atoms with van der Waals surface area (Å²) >= 11 is 5.59. The zero-order valence-electron chi connectivity index (χ0n) is 17.2. The van der Waals surface area contributed by atoms with E-state index in [0.717, 1.165) is 17.4 Å². The third-order valence-corrected chi connectivity index (χ3v) is 5.05. The van der Waals surface area contributed by atoms with Crippen LogP contribution >= 0.6 is 12.2 Å². The predicted octanol–water partition coefficient (Wildman–Crippen LogP) is 3.44. The van der Waals surface area contributed by atoms with Crippen LogP contribution in [0.1, 0.15) is 5.56 Å². The Kier molecular flexibility index (Phi) is 7.02. The van der Waals surface area contributed by atoms with Gasteiger partial charge in [-0.25, -0.2) is 4.39 Å². The van der Waals surface area contributed by atoms with Crippen LogP contribution in [-0.4, -0.2) is 54.2 Å². The number of halogens is 1. The third kappa shape index (κ3) is 5.55. The number of aromatic nitrogens is 1. The minimum absolute atomic E-state index is 0.171. The molecule has 0 aliphatic carbocycles. The number of rotatable bonds is 7. The largest absolute Gasteiger partial charge is 0.497 e. The topological polar surface area (TPSA) is 60.6 Å². The van der Waals surface area contributed by atoms with Crippen molar-refractivity contribution in [3.63, 3.8) is 0 Å². The van der Waals surface area contributed by atoms with Gasteiger partial charge in [-0.15, -0.1) is 0 Å². The molecular weight excluding hydrogens is 403 g/mol. The van der Waals surface area contributed by atoms with Gasteiger partial charge in [0.1, 0.15) is 11.6 Å². The molecule has 1 heterocycles. The Morgan fingerprint density at radius 3 is 2.53 bits per heavy atom. The first kappa shape index (κ1) is 21.7. The van der Waals surface area contributed by atoms with E-state index in [2.05, 4.69) is 10.3 Å². The molecule has 0 bridgehead atoms. The molecular formula is C22H25FN4O2S. The molecule has 0 saturated carbocycles. The number of fused-ring (bicyclic) bond motifs is 1. The summed E-state index contributed by atoms with van der Waals surface area (Å²) in [4.78, 5) is 19.6. The Morgan fingerprint density at radius 1 is 1.13 bits per heavy atom. The number of anilines is 1. The van der Waals surface area contributed by atoms with Gasteiger partial charge in [-0.3, -0.25) is 4.79 Å². The highest BCUT2D eigenvalue weighted by Gasteiger charge is 2.14. The van der Waals surface area contributed by atoms with Crippen molar-refractivity contribution in [1.82, 2.24) is 14.8 Å². The minimum Gasteiger partial charge on any atom is -0.497 e. The molecule has 0 unspecified atom stereocenters. The first-order valence-corrected chi connectivity index (χ1v) is 9.92.